The zero-order valence-electron chi connectivity index (χ0n) is 19.9. The second kappa shape index (κ2) is 15.6. The standard InChI is InChI=1S/C25H32N2S.C3H8/c1-6-21-11-9-12-22(17-21)13-10-16-27(19-20(4)26-5)28-25-15-14-23(7-2)24(8-3)18-25;1-3-2/h7-9,11-12,14-15,17-18,26H,2-4,6,10,13,16,19H2,1,5H3;3H2,1-2H3. The van der Waals surface area contributed by atoms with Crippen LogP contribution in [0.3, 0.4) is 0 Å². The van der Waals surface area contributed by atoms with E-state index in [1.54, 1.807) is 11.9 Å². The Balaban J connectivity index is 0.00000151. The Hall–Kier alpha value is -2.23. The summed E-state index contributed by atoms with van der Waals surface area (Å²) >= 11 is 1.77. The fraction of sp³-hybridized carbons (Fsp3) is 0.357. The SMILES string of the molecule is C=Cc1ccc(SN(CCCc2cccc(CC)c2)CC(=C)NC)cc1C=C.CCC. The summed E-state index contributed by atoms with van der Waals surface area (Å²) in [4.78, 5) is 1.21. The molecule has 2 nitrogen and oxygen atoms in total. The van der Waals surface area contributed by atoms with E-state index in [2.05, 4.69) is 92.6 Å². The Morgan fingerprint density at radius 3 is 2.29 bits per heavy atom. The molecule has 31 heavy (non-hydrogen) atoms. The quantitative estimate of drug-likeness (QED) is 0.344. The summed E-state index contributed by atoms with van der Waals surface area (Å²) in [7, 11) is 1.93. The molecule has 2 aromatic carbocycles. The highest BCUT2D eigenvalue weighted by atomic mass is 32.2. The number of benzene rings is 2. The van der Waals surface area contributed by atoms with Gasteiger partial charge in [-0.05, 0) is 65.6 Å². The summed E-state index contributed by atoms with van der Waals surface area (Å²) in [5.74, 6) is 0. The van der Waals surface area contributed by atoms with Crippen molar-refractivity contribution in [2.24, 2.45) is 0 Å². The number of nitrogens with one attached hydrogen (secondary N) is 1. The van der Waals surface area contributed by atoms with Crippen LogP contribution in [0.1, 0.15) is 55.9 Å². The van der Waals surface area contributed by atoms with Crippen LogP contribution in [-0.4, -0.2) is 24.4 Å². The highest BCUT2D eigenvalue weighted by Gasteiger charge is 2.10. The first-order valence-corrected chi connectivity index (χ1v) is 12.0. The maximum Gasteiger partial charge on any atom is 0.0485 e. The summed E-state index contributed by atoms with van der Waals surface area (Å²) in [5, 5.41) is 3.17. The monoisotopic (exact) mass is 436 g/mol. The Bertz CT molecular complexity index is 826. The molecule has 0 saturated heterocycles. The Morgan fingerprint density at radius 1 is 1.00 bits per heavy atom. The number of hydrogen-bond acceptors (Lipinski definition) is 3. The molecule has 0 amide bonds. The predicted molar refractivity (Wildman–Crippen MR) is 142 cm³/mol. The molecule has 168 valence electrons. The fourth-order valence-electron chi connectivity index (χ4n) is 3.03. The van der Waals surface area contributed by atoms with Crippen LogP contribution in [0.15, 0.2) is 72.8 Å². The van der Waals surface area contributed by atoms with Gasteiger partial charge in [-0.15, -0.1) is 0 Å². The van der Waals surface area contributed by atoms with Crippen molar-refractivity contribution in [2.75, 3.05) is 20.1 Å². The van der Waals surface area contributed by atoms with Crippen LogP contribution in [0.25, 0.3) is 12.2 Å². The van der Waals surface area contributed by atoms with Crippen LogP contribution in [-0.2, 0) is 12.8 Å². The summed E-state index contributed by atoms with van der Waals surface area (Å²) in [5.41, 5.74) is 6.07. The number of hydrogen-bond donors (Lipinski definition) is 1. The summed E-state index contributed by atoms with van der Waals surface area (Å²) in [6.45, 7) is 20.2. The van der Waals surface area contributed by atoms with Gasteiger partial charge < -0.3 is 5.32 Å². The Kier molecular flexibility index (Phi) is 13.4. The van der Waals surface area contributed by atoms with Gasteiger partial charge >= 0.3 is 0 Å². The average Bonchev–Trinajstić information content (AvgIpc) is 2.79. The van der Waals surface area contributed by atoms with Crippen molar-refractivity contribution < 1.29 is 0 Å². The Labute approximate surface area is 195 Å². The number of rotatable bonds is 12. The van der Waals surface area contributed by atoms with E-state index in [1.165, 1.54) is 22.4 Å². The molecule has 1 N–H and O–H groups in total. The van der Waals surface area contributed by atoms with Gasteiger partial charge in [-0.1, -0.05) is 89.4 Å². The first kappa shape index (κ1) is 26.8. The topological polar surface area (TPSA) is 15.3 Å². The van der Waals surface area contributed by atoms with Gasteiger partial charge in [0.05, 0.1) is 0 Å². The molecule has 0 radical (unpaired) electrons. The van der Waals surface area contributed by atoms with Crippen molar-refractivity contribution in [3.05, 3.63) is 90.2 Å². The predicted octanol–water partition coefficient (Wildman–Crippen LogP) is 7.63. The molecular formula is C28H40N2S. The van der Waals surface area contributed by atoms with Crippen LogP contribution in [0, 0.1) is 0 Å². The van der Waals surface area contributed by atoms with Crippen LogP contribution in [0.4, 0.5) is 0 Å². The van der Waals surface area contributed by atoms with Crippen molar-refractivity contribution in [2.45, 2.75) is 51.3 Å². The molecular weight excluding hydrogens is 396 g/mol. The number of likely N-dealkylation sites (N-methyl/N-ethyl adjacent to an activating group) is 1. The molecule has 0 bridgehead atoms. The fourth-order valence-corrected chi connectivity index (χ4v) is 4.08. The second-order valence-electron chi connectivity index (χ2n) is 7.49. The Morgan fingerprint density at radius 2 is 1.68 bits per heavy atom. The first-order chi connectivity index (χ1) is 15.0. The third kappa shape index (κ3) is 10.1. The van der Waals surface area contributed by atoms with E-state index in [0.29, 0.717) is 0 Å². The van der Waals surface area contributed by atoms with Crippen molar-refractivity contribution in [3.8, 4) is 0 Å². The minimum Gasteiger partial charge on any atom is -0.391 e. The maximum absolute atomic E-state index is 4.11. The lowest BCUT2D eigenvalue weighted by atomic mass is 10.1. The third-order valence-electron chi connectivity index (χ3n) is 4.73. The highest BCUT2D eigenvalue weighted by molar-refractivity contribution is 7.97. The molecule has 0 heterocycles. The van der Waals surface area contributed by atoms with Crippen LogP contribution < -0.4 is 5.32 Å². The lowest BCUT2D eigenvalue weighted by molar-refractivity contribution is 0.483. The lowest BCUT2D eigenvalue weighted by Crippen LogP contribution is -2.24. The first-order valence-electron chi connectivity index (χ1n) is 11.3. The molecule has 0 aromatic heterocycles. The molecule has 0 fully saturated rings. The van der Waals surface area contributed by atoms with E-state index in [0.717, 1.165) is 49.2 Å². The zero-order valence-corrected chi connectivity index (χ0v) is 20.7. The van der Waals surface area contributed by atoms with Gasteiger partial charge in [0.25, 0.3) is 0 Å². The van der Waals surface area contributed by atoms with Gasteiger partial charge in [0.2, 0.25) is 0 Å². The molecule has 2 rings (SSSR count). The third-order valence-corrected chi connectivity index (χ3v) is 5.76. The van der Waals surface area contributed by atoms with Crippen LogP contribution in [0.5, 0.6) is 0 Å². The smallest absolute Gasteiger partial charge is 0.0485 e. The van der Waals surface area contributed by atoms with Gasteiger partial charge in [-0.3, -0.25) is 0 Å². The van der Waals surface area contributed by atoms with E-state index in [1.807, 2.05) is 19.2 Å². The summed E-state index contributed by atoms with van der Waals surface area (Å²) < 4.78 is 2.37. The van der Waals surface area contributed by atoms with E-state index in [-0.39, 0.29) is 0 Å². The van der Waals surface area contributed by atoms with E-state index < -0.39 is 0 Å². The minimum absolute atomic E-state index is 0.808. The zero-order chi connectivity index (χ0) is 23.1. The number of aryl methyl sites for hydroxylation is 2. The normalized spacial score (nSPS) is 10.2. The second-order valence-corrected chi connectivity index (χ2v) is 8.66. The summed E-state index contributed by atoms with van der Waals surface area (Å²) in [6, 6.07) is 15.4. The van der Waals surface area contributed by atoms with Crippen molar-refractivity contribution in [1.82, 2.24) is 9.62 Å². The van der Waals surface area contributed by atoms with Crippen molar-refractivity contribution in [3.63, 3.8) is 0 Å². The molecule has 0 aliphatic carbocycles. The van der Waals surface area contributed by atoms with Gasteiger partial charge in [0.15, 0.2) is 0 Å². The van der Waals surface area contributed by atoms with E-state index >= 15 is 0 Å². The van der Waals surface area contributed by atoms with Crippen molar-refractivity contribution in [1.29, 1.82) is 0 Å². The lowest BCUT2D eigenvalue weighted by Gasteiger charge is -2.22. The van der Waals surface area contributed by atoms with Gasteiger partial charge in [-0.25, -0.2) is 4.31 Å². The highest BCUT2D eigenvalue weighted by Crippen LogP contribution is 2.27. The van der Waals surface area contributed by atoms with Crippen LogP contribution >= 0.6 is 11.9 Å². The molecule has 0 atom stereocenters. The molecule has 3 heteroatoms. The number of nitrogens with zero attached hydrogens (tertiary/aromatic N) is 1. The summed E-state index contributed by atoms with van der Waals surface area (Å²) in [6.07, 6.45) is 8.29. The maximum atomic E-state index is 4.11. The molecule has 0 aliphatic rings. The minimum atomic E-state index is 0.808. The average molecular weight is 437 g/mol. The van der Waals surface area contributed by atoms with Gasteiger partial charge in [-0.2, -0.15) is 0 Å². The van der Waals surface area contributed by atoms with Crippen LogP contribution in [0.2, 0.25) is 0 Å². The van der Waals surface area contributed by atoms with E-state index in [9.17, 15) is 0 Å². The van der Waals surface area contributed by atoms with Crippen molar-refractivity contribution >= 4 is 24.1 Å². The van der Waals surface area contributed by atoms with Gasteiger partial charge in [0.1, 0.15) is 0 Å². The largest absolute Gasteiger partial charge is 0.391 e. The van der Waals surface area contributed by atoms with E-state index in [4.69, 9.17) is 0 Å². The molecule has 0 aliphatic heterocycles. The molecule has 2 aromatic rings. The molecule has 0 spiro atoms. The van der Waals surface area contributed by atoms with Gasteiger partial charge in [0, 0.05) is 30.7 Å². The molecule has 0 unspecified atom stereocenters. The molecule has 0 saturated carbocycles.